The Kier molecular flexibility index (Phi) is 3.99. The van der Waals surface area contributed by atoms with E-state index in [1.54, 1.807) is 6.20 Å². The second kappa shape index (κ2) is 5.92. The molecule has 2 unspecified atom stereocenters. The third-order valence-electron chi connectivity index (χ3n) is 3.94. The van der Waals surface area contributed by atoms with Crippen LogP contribution in [-0.4, -0.2) is 18.6 Å². The number of hydrogen-bond donors (Lipinski definition) is 2. The summed E-state index contributed by atoms with van der Waals surface area (Å²) in [6, 6.07) is 10.1. The largest absolute Gasteiger partial charge is 0.493 e. The maximum Gasteiger partial charge on any atom is 0.128 e. The number of rotatable bonds is 3. The maximum atomic E-state index is 6.06. The van der Waals surface area contributed by atoms with E-state index < -0.39 is 0 Å². The lowest BCUT2D eigenvalue weighted by molar-refractivity contribution is 0.188. The summed E-state index contributed by atoms with van der Waals surface area (Å²) < 4.78 is 5.88. The summed E-state index contributed by atoms with van der Waals surface area (Å²) in [6.45, 7) is 0.647. The minimum Gasteiger partial charge on any atom is -0.493 e. The van der Waals surface area contributed by atoms with Crippen LogP contribution in [0.1, 0.15) is 17.2 Å². The van der Waals surface area contributed by atoms with Crippen LogP contribution in [0.3, 0.4) is 0 Å². The molecule has 1 aliphatic heterocycles. The Labute approximate surface area is 129 Å². The van der Waals surface area contributed by atoms with E-state index in [4.69, 9.17) is 22.1 Å². The molecule has 0 saturated heterocycles. The number of halogens is 1. The van der Waals surface area contributed by atoms with Gasteiger partial charge in [-0.3, -0.25) is 0 Å². The molecule has 0 amide bonds. The van der Waals surface area contributed by atoms with Crippen LogP contribution in [0.4, 0.5) is 5.82 Å². The lowest BCUT2D eigenvalue weighted by Gasteiger charge is -2.32. The van der Waals surface area contributed by atoms with Crippen molar-refractivity contribution in [3.05, 3.63) is 52.7 Å². The van der Waals surface area contributed by atoms with Crippen molar-refractivity contribution < 1.29 is 4.74 Å². The molecule has 3 rings (SSSR count). The molecule has 1 aliphatic rings. The lowest BCUT2D eigenvalue weighted by atomic mass is 9.86. The predicted molar refractivity (Wildman–Crippen MR) is 84.6 cm³/mol. The van der Waals surface area contributed by atoms with Crippen LogP contribution in [0.15, 0.2) is 36.5 Å². The number of pyridine rings is 1. The predicted octanol–water partition coefficient (Wildman–Crippen LogP) is 2.83. The van der Waals surface area contributed by atoms with Crippen molar-refractivity contribution in [1.29, 1.82) is 0 Å². The van der Waals surface area contributed by atoms with Gasteiger partial charge in [0.05, 0.1) is 11.6 Å². The number of nitrogens with zero attached hydrogens (tertiary/aromatic N) is 1. The van der Waals surface area contributed by atoms with Crippen molar-refractivity contribution in [3.63, 3.8) is 0 Å². The van der Waals surface area contributed by atoms with E-state index in [2.05, 4.69) is 16.4 Å². The van der Waals surface area contributed by atoms with Gasteiger partial charge in [0.15, 0.2) is 0 Å². The molecule has 110 valence electrons. The van der Waals surface area contributed by atoms with Gasteiger partial charge >= 0.3 is 0 Å². The number of benzene rings is 1. The average molecular weight is 304 g/mol. The zero-order valence-corrected chi connectivity index (χ0v) is 12.6. The van der Waals surface area contributed by atoms with Crippen molar-refractivity contribution in [1.82, 2.24) is 10.3 Å². The Morgan fingerprint density at radius 3 is 3.05 bits per heavy atom. The number of ether oxygens (including phenoxy) is 1. The summed E-state index contributed by atoms with van der Waals surface area (Å²) in [7, 11) is 1.92. The van der Waals surface area contributed by atoms with Gasteiger partial charge < -0.3 is 15.8 Å². The first kappa shape index (κ1) is 14.2. The van der Waals surface area contributed by atoms with Gasteiger partial charge in [-0.25, -0.2) is 4.98 Å². The van der Waals surface area contributed by atoms with Gasteiger partial charge in [-0.05, 0) is 31.2 Å². The zero-order valence-electron chi connectivity index (χ0n) is 11.8. The maximum absolute atomic E-state index is 6.06. The van der Waals surface area contributed by atoms with Gasteiger partial charge in [-0.15, -0.1) is 0 Å². The fourth-order valence-electron chi connectivity index (χ4n) is 2.93. The van der Waals surface area contributed by atoms with E-state index in [1.165, 1.54) is 5.56 Å². The quantitative estimate of drug-likeness (QED) is 0.915. The highest BCUT2D eigenvalue weighted by molar-refractivity contribution is 6.30. The molecule has 0 fully saturated rings. The number of aromatic nitrogens is 1. The molecule has 1 aromatic carbocycles. The van der Waals surface area contributed by atoms with Gasteiger partial charge in [0.25, 0.3) is 0 Å². The van der Waals surface area contributed by atoms with Crippen LogP contribution in [0.2, 0.25) is 5.02 Å². The molecular weight excluding hydrogens is 286 g/mol. The van der Waals surface area contributed by atoms with Gasteiger partial charge in [0, 0.05) is 23.7 Å². The number of para-hydroxylation sites is 1. The molecule has 4 nitrogen and oxygen atoms in total. The Morgan fingerprint density at radius 1 is 1.43 bits per heavy atom. The second-order valence-corrected chi connectivity index (χ2v) is 5.71. The number of nitrogens with two attached hydrogens (primary N) is 1. The lowest BCUT2D eigenvalue weighted by Crippen LogP contribution is -2.34. The number of hydrogen-bond acceptors (Lipinski definition) is 4. The molecule has 0 bridgehead atoms. The average Bonchev–Trinajstić information content (AvgIpc) is 2.51. The van der Waals surface area contributed by atoms with Gasteiger partial charge in [-0.1, -0.05) is 29.8 Å². The third-order valence-corrected chi connectivity index (χ3v) is 4.15. The van der Waals surface area contributed by atoms with Gasteiger partial charge in [-0.2, -0.15) is 0 Å². The summed E-state index contributed by atoms with van der Waals surface area (Å²) in [5.41, 5.74) is 8.17. The Hall–Kier alpha value is -1.78. The van der Waals surface area contributed by atoms with Crippen LogP contribution in [0, 0.1) is 5.92 Å². The minimum atomic E-state index is 0.0598. The number of anilines is 1. The molecule has 3 N–H and O–H groups in total. The van der Waals surface area contributed by atoms with Crippen molar-refractivity contribution in [2.45, 2.75) is 12.5 Å². The fourth-order valence-corrected chi connectivity index (χ4v) is 3.09. The Morgan fingerprint density at radius 2 is 2.24 bits per heavy atom. The molecular formula is C16H18ClN3O. The van der Waals surface area contributed by atoms with E-state index in [0.717, 1.165) is 17.7 Å². The standard InChI is InChI=1S/C16H18ClN3O/c1-19-15(13-7-12(17)8-20-16(13)18)11-6-10-4-2-3-5-14(10)21-9-11/h2-5,7-8,11,15,19H,6,9H2,1H3,(H2,18,20). The van der Waals surface area contributed by atoms with Crippen molar-refractivity contribution >= 4 is 17.4 Å². The molecule has 0 saturated carbocycles. The highest BCUT2D eigenvalue weighted by Crippen LogP contribution is 2.35. The smallest absolute Gasteiger partial charge is 0.128 e. The van der Waals surface area contributed by atoms with E-state index in [-0.39, 0.29) is 12.0 Å². The van der Waals surface area contributed by atoms with Crippen molar-refractivity contribution in [3.8, 4) is 5.75 Å². The van der Waals surface area contributed by atoms with Gasteiger partial charge in [0.1, 0.15) is 11.6 Å². The highest BCUT2D eigenvalue weighted by Gasteiger charge is 2.29. The fraction of sp³-hybridized carbons (Fsp3) is 0.312. The SMILES string of the molecule is CNC(c1cc(Cl)cnc1N)C1COc2ccccc2C1. The molecule has 1 aromatic heterocycles. The van der Waals surface area contributed by atoms with Crippen LogP contribution < -0.4 is 15.8 Å². The second-order valence-electron chi connectivity index (χ2n) is 5.28. The molecule has 0 radical (unpaired) electrons. The van der Waals surface area contributed by atoms with E-state index >= 15 is 0 Å². The third kappa shape index (κ3) is 2.82. The zero-order chi connectivity index (χ0) is 14.8. The van der Waals surface area contributed by atoms with Crippen LogP contribution in [-0.2, 0) is 6.42 Å². The van der Waals surface area contributed by atoms with Crippen LogP contribution >= 0.6 is 11.6 Å². The summed E-state index contributed by atoms with van der Waals surface area (Å²) in [5.74, 6) is 1.77. The van der Waals surface area contributed by atoms with E-state index in [1.807, 2.05) is 31.3 Å². The first-order chi connectivity index (χ1) is 10.2. The first-order valence-corrected chi connectivity index (χ1v) is 7.35. The van der Waals surface area contributed by atoms with Crippen molar-refractivity contribution in [2.24, 2.45) is 5.92 Å². The van der Waals surface area contributed by atoms with Crippen molar-refractivity contribution in [2.75, 3.05) is 19.4 Å². The minimum absolute atomic E-state index is 0.0598. The Balaban J connectivity index is 1.90. The molecule has 2 atom stereocenters. The van der Waals surface area contributed by atoms with E-state index in [0.29, 0.717) is 17.4 Å². The summed E-state index contributed by atoms with van der Waals surface area (Å²) in [6.07, 6.45) is 2.51. The van der Waals surface area contributed by atoms with Gasteiger partial charge in [0.2, 0.25) is 0 Å². The summed E-state index contributed by atoms with van der Waals surface area (Å²) >= 11 is 6.06. The molecule has 0 aliphatic carbocycles. The molecule has 2 aromatic rings. The Bertz CT molecular complexity index is 647. The number of nitrogens with one attached hydrogen (secondary N) is 1. The first-order valence-electron chi connectivity index (χ1n) is 6.98. The molecule has 5 heteroatoms. The summed E-state index contributed by atoms with van der Waals surface area (Å²) in [4.78, 5) is 4.15. The van der Waals surface area contributed by atoms with E-state index in [9.17, 15) is 0 Å². The summed E-state index contributed by atoms with van der Waals surface area (Å²) in [5, 5.41) is 3.92. The normalized spacial score (nSPS) is 18.7. The molecule has 2 heterocycles. The monoisotopic (exact) mass is 303 g/mol. The van der Waals surface area contributed by atoms with Crippen LogP contribution in [0.25, 0.3) is 0 Å². The highest BCUT2D eigenvalue weighted by atomic mass is 35.5. The number of nitrogen functional groups attached to an aromatic ring is 1. The topological polar surface area (TPSA) is 60.2 Å². The number of fused-ring (bicyclic) bond motifs is 1. The van der Waals surface area contributed by atoms with Crippen LogP contribution in [0.5, 0.6) is 5.75 Å². The molecule has 21 heavy (non-hydrogen) atoms. The molecule has 0 spiro atoms.